The molecule has 1 aromatic carbocycles. The van der Waals surface area contributed by atoms with E-state index in [4.69, 9.17) is 5.73 Å². The van der Waals surface area contributed by atoms with Crippen molar-refractivity contribution in [3.63, 3.8) is 0 Å². The third kappa shape index (κ3) is 3.53. The standard InChI is InChI=1S/C14H15F3N2O2/c15-14(16,17)11-4-2-1-3-9(11)5-6-19-8-10(13(18)21)7-12(19)20/h1-4,10H,5-8H2,(H2,18,21). The van der Waals surface area contributed by atoms with Crippen molar-refractivity contribution in [1.29, 1.82) is 0 Å². The molecule has 1 aliphatic heterocycles. The Labute approximate surface area is 119 Å². The van der Waals surface area contributed by atoms with Gasteiger partial charge >= 0.3 is 6.18 Å². The van der Waals surface area contributed by atoms with E-state index in [1.165, 1.54) is 23.1 Å². The number of alkyl halides is 3. The van der Waals surface area contributed by atoms with Gasteiger partial charge in [-0.25, -0.2) is 0 Å². The summed E-state index contributed by atoms with van der Waals surface area (Å²) in [5.41, 5.74) is 4.59. The third-order valence-corrected chi connectivity index (χ3v) is 3.59. The van der Waals surface area contributed by atoms with Crippen LogP contribution in [0.25, 0.3) is 0 Å². The third-order valence-electron chi connectivity index (χ3n) is 3.59. The summed E-state index contributed by atoms with van der Waals surface area (Å²) in [6.07, 6.45) is -4.29. The van der Waals surface area contributed by atoms with Crippen molar-refractivity contribution in [2.75, 3.05) is 13.1 Å². The second-order valence-electron chi connectivity index (χ2n) is 5.05. The topological polar surface area (TPSA) is 63.4 Å². The predicted molar refractivity (Wildman–Crippen MR) is 69.0 cm³/mol. The Morgan fingerprint density at radius 1 is 1.33 bits per heavy atom. The number of nitrogens with zero attached hydrogens (tertiary/aromatic N) is 1. The van der Waals surface area contributed by atoms with E-state index in [1.807, 2.05) is 0 Å². The van der Waals surface area contributed by atoms with E-state index >= 15 is 0 Å². The average molecular weight is 300 g/mol. The molecule has 1 atom stereocenters. The second-order valence-corrected chi connectivity index (χ2v) is 5.05. The molecule has 2 N–H and O–H groups in total. The highest BCUT2D eigenvalue weighted by molar-refractivity contribution is 5.88. The molecule has 7 heteroatoms. The molecule has 1 aromatic rings. The van der Waals surface area contributed by atoms with Crippen molar-refractivity contribution in [2.24, 2.45) is 11.7 Å². The molecule has 4 nitrogen and oxygen atoms in total. The van der Waals surface area contributed by atoms with Gasteiger partial charge in [0.2, 0.25) is 11.8 Å². The van der Waals surface area contributed by atoms with Gasteiger partial charge in [-0.1, -0.05) is 18.2 Å². The predicted octanol–water partition coefficient (Wildman–Crippen LogP) is 1.58. The molecule has 0 bridgehead atoms. The quantitative estimate of drug-likeness (QED) is 0.917. The maximum atomic E-state index is 12.9. The first-order valence-electron chi connectivity index (χ1n) is 6.51. The van der Waals surface area contributed by atoms with Gasteiger partial charge in [-0.05, 0) is 18.1 Å². The lowest BCUT2D eigenvalue weighted by Gasteiger charge is -2.18. The monoisotopic (exact) mass is 300 g/mol. The molecular weight excluding hydrogens is 285 g/mol. The molecule has 114 valence electrons. The molecule has 1 saturated heterocycles. The SMILES string of the molecule is NC(=O)C1CC(=O)N(CCc2ccccc2C(F)(F)F)C1. The van der Waals surface area contributed by atoms with E-state index in [2.05, 4.69) is 0 Å². The number of carbonyl (C=O) groups excluding carboxylic acids is 2. The zero-order valence-corrected chi connectivity index (χ0v) is 11.2. The van der Waals surface area contributed by atoms with Crippen molar-refractivity contribution in [3.8, 4) is 0 Å². The highest BCUT2D eigenvalue weighted by atomic mass is 19.4. The van der Waals surface area contributed by atoms with Crippen LogP contribution in [-0.2, 0) is 22.2 Å². The Balaban J connectivity index is 2.05. The molecule has 2 rings (SSSR count). The highest BCUT2D eigenvalue weighted by Gasteiger charge is 2.35. The Morgan fingerprint density at radius 3 is 2.57 bits per heavy atom. The summed E-state index contributed by atoms with van der Waals surface area (Å²) in [6.45, 7) is 0.331. The van der Waals surface area contributed by atoms with Gasteiger partial charge in [0, 0.05) is 19.5 Å². The zero-order valence-electron chi connectivity index (χ0n) is 11.2. The smallest absolute Gasteiger partial charge is 0.369 e. The van der Waals surface area contributed by atoms with Gasteiger partial charge < -0.3 is 10.6 Å². The van der Waals surface area contributed by atoms with Gasteiger partial charge in [0.1, 0.15) is 0 Å². The number of carbonyl (C=O) groups is 2. The van der Waals surface area contributed by atoms with Crippen LogP contribution in [0.3, 0.4) is 0 Å². The van der Waals surface area contributed by atoms with Crippen LogP contribution in [0.2, 0.25) is 0 Å². The molecule has 1 unspecified atom stereocenters. The van der Waals surface area contributed by atoms with Crippen LogP contribution in [0, 0.1) is 5.92 Å². The Morgan fingerprint density at radius 2 is 2.00 bits per heavy atom. The summed E-state index contributed by atoms with van der Waals surface area (Å²) in [4.78, 5) is 24.1. The van der Waals surface area contributed by atoms with E-state index in [-0.39, 0.29) is 37.4 Å². The summed E-state index contributed by atoms with van der Waals surface area (Å²) >= 11 is 0. The number of nitrogens with two attached hydrogens (primary N) is 1. The zero-order chi connectivity index (χ0) is 15.6. The van der Waals surface area contributed by atoms with E-state index in [0.29, 0.717) is 0 Å². The number of amides is 2. The van der Waals surface area contributed by atoms with Crippen LogP contribution in [0.4, 0.5) is 13.2 Å². The highest BCUT2D eigenvalue weighted by Crippen LogP contribution is 2.32. The molecule has 0 aromatic heterocycles. The first-order valence-corrected chi connectivity index (χ1v) is 6.51. The summed E-state index contributed by atoms with van der Waals surface area (Å²) in [7, 11) is 0. The minimum absolute atomic E-state index is 0.0379. The molecule has 0 aliphatic carbocycles. The lowest BCUT2D eigenvalue weighted by Crippen LogP contribution is -2.30. The van der Waals surface area contributed by atoms with Crippen LogP contribution in [0.15, 0.2) is 24.3 Å². The van der Waals surface area contributed by atoms with Crippen LogP contribution >= 0.6 is 0 Å². The molecule has 2 amide bonds. The van der Waals surface area contributed by atoms with Crippen molar-refractivity contribution in [2.45, 2.75) is 19.0 Å². The molecule has 1 fully saturated rings. The van der Waals surface area contributed by atoms with Crippen molar-refractivity contribution >= 4 is 11.8 Å². The van der Waals surface area contributed by atoms with Gasteiger partial charge in [0.05, 0.1) is 11.5 Å². The number of halogens is 3. The maximum absolute atomic E-state index is 12.9. The summed E-state index contributed by atoms with van der Waals surface area (Å²) in [6, 6.07) is 5.28. The number of hydrogen-bond acceptors (Lipinski definition) is 2. The number of rotatable bonds is 4. The first kappa shape index (κ1) is 15.3. The minimum Gasteiger partial charge on any atom is -0.369 e. The van der Waals surface area contributed by atoms with Gasteiger partial charge in [-0.3, -0.25) is 9.59 Å². The molecule has 0 saturated carbocycles. The van der Waals surface area contributed by atoms with Gasteiger partial charge in [-0.2, -0.15) is 13.2 Å². The lowest BCUT2D eigenvalue weighted by molar-refractivity contribution is -0.138. The van der Waals surface area contributed by atoms with E-state index in [9.17, 15) is 22.8 Å². The average Bonchev–Trinajstić information content (AvgIpc) is 2.77. The normalized spacial score (nSPS) is 19.1. The fraction of sp³-hybridized carbons (Fsp3) is 0.429. The lowest BCUT2D eigenvalue weighted by atomic mass is 10.0. The van der Waals surface area contributed by atoms with Crippen LogP contribution < -0.4 is 5.73 Å². The molecule has 0 spiro atoms. The minimum atomic E-state index is -4.42. The fourth-order valence-corrected chi connectivity index (χ4v) is 2.45. The fourth-order valence-electron chi connectivity index (χ4n) is 2.45. The second kappa shape index (κ2) is 5.75. The maximum Gasteiger partial charge on any atom is 0.416 e. The number of likely N-dealkylation sites (tertiary alicyclic amines) is 1. The summed E-state index contributed by atoms with van der Waals surface area (Å²) in [5, 5.41) is 0. The number of benzene rings is 1. The molecule has 1 aliphatic rings. The van der Waals surface area contributed by atoms with Crippen LogP contribution in [0.5, 0.6) is 0 Å². The Bertz CT molecular complexity index is 557. The Hall–Kier alpha value is -2.05. The summed E-state index contributed by atoms with van der Waals surface area (Å²) < 4.78 is 38.6. The van der Waals surface area contributed by atoms with Crippen molar-refractivity contribution in [3.05, 3.63) is 35.4 Å². The van der Waals surface area contributed by atoms with E-state index in [0.717, 1.165) is 6.07 Å². The first-order chi connectivity index (χ1) is 9.79. The van der Waals surface area contributed by atoms with Crippen LogP contribution in [0.1, 0.15) is 17.5 Å². The number of hydrogen-bond donors (Lipinski definition) is 1. The van der Waals surface area contributed by atoms with Gasteiger partial charge in [0.15, 0.2) is 0 Å². The largest absolute Gasteiger partial charge is 0.416 e. The summed E-state index contributed by atoms with van der Waals surface area (Å²) in [5.74, 6) is -1.35. The van der Waals surface area contributed by atoms with E-state index in [1.54, 1.807) is 0 Å². The molecule has 0 radical (unpaired) electrons. The molecule has 1 heterocycles. The number of primary amides is 1. The van der Waals surface area contributed by atoms with Crippen molar-refractivity contribution in [1.82, 2.24) is 4.90 Å². The molecular formula is C14H15F3N2O2. The van der Waals surface area contributed by atoms with Gasteiger partial charge in [-0.15, -0.1) is 0 Å². The van der Waals surface area contributed by atoms with E-state index < -0.39 is 23.6 Å². The van der Waals surface area contributed by atoms with Crippen LogP contribution in [-0.4, -0.2) is 29.8 Å². The molecule has 21 heavy (non-hydrogen) atoms. The van der Waals surface area contributed by atoms with Crippen molar-refractivity contribution < 1.29 is 22.8 Å². The van der Waals surface area contributed by atoms with Gasteiger partial charge in [0.25, 0.3) is 0 Å². The Kier molecular flexibility index (Phi) is 4.20.